The number of anilines is 1. The zero-order valence-electron chi connectivity index (χ0n) is 18.4. The third kappa shape index (κ3) is 5.28. The molecule has 2 fully saturated rings. The van der Waals surface area contributed by atoms with Gasteiger partial charge in [0.05, 0.1) is 6.61 Å². The Bertz CT molecular complexity index is 1050. The van der Waals surface area contributed by atoms with Gasteiger partial charge in [0.1, 0.15) is 5.56 Å². The molecule has 1 N–H and O–H groups in total. The SMILES string of the molecule is C[C@@H]1CN(c2ncc(C3CC3)cn2)[C@H](C)CN1C(=O)OCCc1c[nH]c(=O)c(C(F)(F)F)c1. The number of alkyl halides is 3. The molecule has 2 atom stereocenters. The van der Waals surface area contributed by atoms with Crippen molar-refractivity contribution < 1.29 is 22.7 Å². The molecule has 2 aromatic rings. The van der Waals surface area contributed by atoms with Gasteiger partial charge in [-0.2, -0.15) is 13.2 Å². The quantitative estimate of drug-likeness (QED) is 0.728. The van der Waals surface area contributed by atoms with Gasteiger partial charge >= 0.3 is 12.3 Å². The molecule has 1 aliphatic heterocycles. The van der Waals surface area contributed by atoms with Crippen molar-refractivity contribution in [3.63, 3.8) is 0 Å². The average molecular weight is 465 g/mol. The lowest BCUT2D eigenvalue weighted by Crippen LogP contribution is -2.58. The van der Waals surface area contributed by atoms with E-state index in [4.69, 9.17) is 4.74 Å². The molecule has 0 spiro atoms. The maximum atomic E-state index is 12.9. The maximum absolute atomic E-state index is 12.9. The Morgan fingerprint density at radius 1 is 1.18 bits per heavy atom. The first-order chi connectivity index (χ1) is 15.6. The number of halogens is 3. The Morgan fingerprint density at radius 3 is 2.52 bits per heavy atom. The minimum Gasteiger partial charge on any atom is -0.449 e. The number of nitrogens with one attached hydrogen (secondary N) is 1. The number of carbonyl (C=O) groups is 1. The van der Waals surface area contributed by atoms with Gasteiger partial charge in [-0.15, -0.1) is 0 Å². The summed E-state index contributed by atoms with van der Waals surface area (Å²) in [7, 11) is 0. The van der Waals surface area contributed by atoms with Crippen LogP contribution in [0.5, 0.6) is 0 Å². The number of aromatic nitrogens is 3. The molecule has 0 radical (unpaired) electrons. The van der Waals surface area contributed by atoms with E-state index in [0.717, 1.165) is 11.6 Å². The van der Waals surface area contributed by atoms with Crippen LogP contribution in [0.25, 0.3) is 0 Å². The van der Waals surface area contributed by atoms with E-state index in [2.05, 4.69) is 19.9 Å². The fourth-order valence-corrected chi connectivity index (χ4v) is 3.99. The Morgan fingerprint density at radius 2 is 1.88 bits per heavy atom. The van der Waals surface area contributed by atoms with Crippen LogP contribution in [-0.4, -0.2) is 57.7 Å². The lowest BCUT2D eigenvalue weighted by molar-refractivity contribution is -0.138. The number of rotatable bonds is 5. The molecule has 3 heterocycles. The number of hydrogen-bond acceptors (Lipinski definition) is 6. The number of nitrogens with zero attached hydrogens (tertiary/aromatic N) is 4. The van der Waals surface area contributed by atoms with Gasteiger partial charge in [0.15, 0.2) is 0 Å². The molecule has 0 unspecified atom stereocenters. The topological polar surface area (TPSA) is 91.4 Å². The van der Waals surface area contributed by atoms with Crippen molar-refractivity contribution in [2.45, 2.75) is 57.3 Å². The molecule has 2 aromatic heterocycles. The number of amides is 1. The van der Waals surface area contributed by atoms with Crippen molar-refractivity contribution in [1.29, 1.82) is 0 Å². The molecule has 178 valence electrons. The fourth-order valence-electron chi connectivity index (χ4n) is 3.99. The lowest BCUT2D eigenvalue weighted by Gasteiger charge is -2.43. The number of H-pyrrole nitrogens is 1. The summed E-state index contributed by atoms with van der Waals surface area (Å²) >= 11 is 0. The van der Waals surface area contributed by atoms with E-state index in [9.17, 15) is 22.8 Å². The third-order valence-corrected chi connectivity index (χ3v) is 6.07. The normalized spacial score (nSPS) is 21.2. The molecule has 11 heteroatoms. The van der Waals surface area contributed by atoms with Crippen LogP contribution in [-0.2, 0) is 17.3 Å². The molecule has 2 aliphatic rings. The van der Waals surface area contributed by atoms with Crippen molar-refractivity contribution in [3.8, 4) is 0 Å². The number of aromatic amines is 1. The zero-order chi connectivity index (χ0) is 23.8. The molecular formula is C22H26F3N5O3. The van der Waals surface area contributed by atoms with Crippen LogP contribution >= 0.6 is 0 Å². The first-order valence-corrected chi connectivity index (χ1v) is 10.9. The number of pyridine rings is 1. The van der Waals surface area contributed by atoms with Gasteiger partial charge in [0.25, 0.3) is 5.56 Å². The van der Waals surface area contributed by atoms with E-state index in [1.54, 1.807) is 4.90 Å². The molecule has 33 heavy (non-hydrogen) atoms. The van der Waals surface area contributed by atoms with Crippen molar-refractivity contribution in [2.75, 3.05) is 24.6 Å². The highest BCUT2D eigenvalue weighted by molar-refractivity contribution is 5.68. The van der Waals surface area contributed by atoms with Gasteiger partial charge in [-0.1, -0.05) is 0 Å². The van der Waals surface area contributed by atoms with Crippen LogP contribution in [0, 0.1) is 0 Å². The summed E-state index contributed by atoms with van der Waals surface area (Å²) in [4.78, 5) is 38.7. The molecule has 1 saturated heterocycles. The van der Waals surface area contributed by atoms with E-state index in [-0.39, 0.29) is 30.7 Å². The molecule has 0 bridgehead atoms. The van der Waals surface area contributed by atoms with Gasteiger partial charge in [-0.05, 0) is 49.8 Å². The molecular weight excluding hydrogens is 439 g/mol. The predicted molar refractivity (Wildman–Crippen MR) is 114 cm³/mol. The van der Waals surface area contributed by atoms with Gasteiger partial charge in [-0.3, -0.25) is 4.79 Å². The van der Waals surface area contributed by atoms with Crippen molar-refractivity contribution >= 4 is 12.0 Å². The number of carbonyl (C=O) groups excluding carboxylic acids is 1. The van der Waals surface area contributed by atoms with Crippen LogP contribution in [0.15, 0.2) is 29.5 Å². The van der Waals surface area contributed by atoms with Crippen LogP contribution in [0.2, 0.25) is 0 Å². The summed E-state index contributed by atoms with van der Waals surface area (Å²) < 4.78 is 44.0. The maximum Gasteiger partial charge on any atom is 0.421 e. The summed E-state index contributed by atoms with van der Waals surface area (Å²) in [6.45, 7) is 4.72. The molecule has 1 aliphatic carbocycles. The van der Waals surface area contributed by atoms with Crippen LogP contribution in [0.1, 0.15) is 49.3 Å². The van der Waals surface area contributed by atoms with E-state index >= 15 is 0 Å². The minimum absolute atomic E-state index is 0.0333. The average Bonchev–Trinajstić information content (AvgIpc) is 3.61. The Kier molecular flexibility index (Phi) is 6.31. The van der Waals surface area contributed by atoms with E-state index in [1.807, 2.05) is 26.2 Å². The first kappa shape index (κ1) is 23.1. The van der Waals surface area contributed by atoms with Crippen molar-refractivity contribution in [2.24, 2.45) is 0 Å². The first-order valence-electron chi connectivity index (χ1n) is 10.9. The Labute approximate surface area is 188 Å². The second kappa shape index (κ2) is 9.03. The number of hydrogen-bond donors (Lipinski definition) is 1. The number of ether oxygens (including phenoxy) is 1. The van der Waals surface area contributed by atoms with Gasteiger partial charge in [0.2, 0.25) is 5.95 Å². The van der Waals surface area contributed by atoms with E-state index in [0.29, 0.717) is 25.0 Å². The highest BCUT2D eigenvalue weighted by atomic mass is 19.4. The second-order valence-corrected chi connectivity index (χ2v) is 8.71. The van der Waals surface area contributed by atoms with Crippen LogP contribution < -0.4 is 10.5 Å². The highest BCUT2D eigenvalue weighted by Gasteiger charge is 2.35. The summed E-state index contributed by atoms with van der Waals surface area (Å²) in [6.07, 6.45) is 2.09. The summed E-state index contributed by atoms with van der Waals surface area (Å²) in [5.74, 6) is 1.21. The fraction of sp³-hybridized carbons (Fsp3) is 0.545. The van der Waals surface area contributed by atoms with Crippen molar-refractivity contribution in [1.82, 2.24) is 19.9 Å². The standard InChI is InChI=1S/C22H26F3N5O3/c1-13-12-30(14(2)11-29(13)20-27-9-17(10-28-20)16-3-4-16)21(32)33-6-5-15-7-18(22(23,24)25)19(31)26-8-15/h7-10,13-14,16H,3-6,11-12H2,1-2H3,(H,26,31)/t13-,14-/m1/s1. The molecule has 1 saturated carbocycles. The summed E-state index contributed by atoms with van der Waals surface area (Å²) in [5.41, 5.74) is -1.08. The zero-order valence-corrected chi connectivity index (χ0v) is 18.4. The van der Waals surface area contributed by atoms with Crippen LogP contribution in [0.4, 0.5) is 23.9 Å². The molecule has 8 nitrogen and oxygen atoms in total. The monoisotopic (exact) mass is 465 g/mol. The minimum atomic E-state index is -4.74. The van der Waals surface area contributed by atoms with E-state index in [1.165, 1.54) is 19.0 Å². The molecule has 1 amide bonds. The van der Waals surface area contributed by atoms with Crippen molar-refractivity contribution in [3.05, 3.63) is 51.7 Å². The molecule has 4 rings (SSSR count). The van der Waals surface area contributed by atoms with Gasteiger partial charge < -0.3 is 19.5 Å². The molecule has 0 aromatic carbocycles. The Hall–Kier alpha value is -3.11. The largest absolute Gasteiger partial charge is 0.449 e. The lowest BCUT2D eigenvalue weighted by atomic mass is 10.1. The summed E-state index contributed by atoms with van der Waals surface area (Å²) in [6, 6.07) is 0.587. The van der Waals surface area contributed by atoms with E-state index < -0.39 is 23.4 Å². The van der Waals surface area contributed by atoms with Gasteiger partial charge in [0, 0.05) is 50.2 Å². The Balaban J connectivity index is 1.31. The third-order valence-electron chi connectivity index (χ3n) is 6.07. The predicted octanol–water partition coefficient (Wildman–Crippen LogP) is 3.34. The summed E-state index contributed by atoms with van der Waals surface area (Å²) in [5, 5.41) is 0. The number of piperazine rings is 1. The smallest absolute Gasteiger partial charge is 0.421 e. The second-order valence-electron chi connectivity index (χ2n) is 8.71. The highest BCUT2D eigenvalue weighted by Crippen LogP contribution is 2.39. The van der Waals surface area contributed by atoms with Gasteiger partial charge in [-0.25, -0.2) is 14.8 Å². The van der Waals surface area contributed by atoms with Crippen LogP contribution in [0.3, 0.4) is 0 Å².